The van der Waals surface area contributed by atoms with Gasteiger partial charge in [-0.3, -0.25) is 9.59 Å². The van der Waals surface area contributed by atoms with Crippen molar-refractivity contribution in [1.29, 1.82) is 0 Å². The number of rotatable bonds is 13. The van der Waals surface area contributed by atoms with Crippen LogP contribution in [0.25, 0.3) is 0 Å². The first-order valence-electron chi connectivity index (χ1n) is 10.5. The van der Waals surface area contributed by atoms with Crippen LogP contribution in [0, 0.1) is 6.92 Å². The third-order valence-corrected chi connectivity index (χ3v) is 6.76. The van der Waals surface area contributed by atoms with Crippen LogP contribution in [-0.2, 0) is 22.5 Å². The molecule has 2 rings (SSSR count). The van der Waals surface area contributed by atoms with Crippen LogP contribution in [0.5, 0.6) is 11.5 Å². The minimum atomic E-state index is -3.29. The average Bonchev–Trinajstić information content (AvgIpc) is 2.80. The van der Waals surface area contributed by atoms with Crippen molar-refractivity contribution in [3.8, 4) is 11.5 Å². The van der Waals surface area contributed by atoms with Crippen molar-refractivity contribution in [2.45, 2.75) is 24.3 Å². The first-order valence-corrected chi connectivity index (χ1v) is 13.3. The second kappa shape index (κ2) is 13.5. The molecule has 0 saturated carbocycles. The van der Waals surface area contributed by atoms with Gasteiger partial charge in [-0.15, -0.1) is 0 Å². The zero-order chi connectivity index (χ0) is 25.1. The highest BCUT2D eigenvalue weighted by atomic mass is 127. The summed E-state index contributed by atoms with van der Waals surface area (Å²) in [5, 5.41) is 5.47. The van der Waals surface area contributed by atoms with Gasteiger partial charge in [0.1, 0.15) is 42.4 Å². The maximum atomic E-state index is 12.0. The average molecular weight is 602 g/mol. The molecule has 1 atom stereocenters. The fraction of sp³-hybridized carbons (Fsp3) is 0.364. The Morgan fingerprint density at radius 1 is 1.00 bits per heavy atom. The number of carbonyl (C=O) groups is 2. The lowest BCUT2D eigenvalue weighted by Gasteiger charge is -2.15. The van der Waals surface area contributed by atoms with Gasteiger partial charge >= 0.3 is 0 Å². The molecule has 0 radical (unpaired) electrons. The highest BCUT2D eigenvalue weighted by Gasteiger charge is 2.13. The van der Waals surface area contributed by atoms with Crippen LogP contribution in [0.1, 0.15) is 12.0 Å². The molecule has 1 unspecified atom stereocenters. The van der Waals surface area contributed by atoms with Crippen LogP contribution in [0.4, 0.5) is 0 Å². The van der Waals surface area contributed by atoms with Gasteiger partial charge in [0.2, 0.25) is 0 Å². The Morgan fingerprint density at radius 2 is 1.59 bits per heavy atom. The van der Waals surface area contributed by atoms with Gasteiger partial charge in [-0.05, 0) is 49.7 Å². The number of ether oxygens (including phenoxy) is 2. The van der Waals surface area contributed by atoms with E-state index in [2.05, 4.69) is 10.6 Å². The van der Waals surface area contributed by atoms with Gasteiger partial charge in [0.15, 0.2) is 23.1 Å². The van der Waals surface area contributed by atoms with Crippen LogP contribution < -0.4 is 25.6 Å². The number of sulfone groups is 1. The molecule has 34 heavy (non-hydrogen) atoms. The highest BCUT2D eigenvalue weighted by Crippen LogP contribution is 2.15. The minimum Gasteiger partial charge on any atom is -0.484 e. The molecule has 0 aromatic heterocycles. The number of nitrogens with one attached hydrogen (secondary N) is 2. The van der Waals surface area contributed by atoms with Gasteiger partial charge in [0.25, 0.3) is 11.8 Å². The van der Waals surface area contributed by atoms with Crippen molar-refractivity contribution >= 4 is 58.0 Å². The predicted octanol–water partition coefficient (Wildman–Crippen LogP) is 0.472. The van der Waals surface area contributed by atoms with E-state index >= 15 is 0 Å². The SMILES string of the molecule is Bc1cc(OCC(=O)NCCC(CNC(=O)COc2ccc(S(C)(=O)=O)cc2)OI)ccc1C. The van der Waals surface area contributed by atoms with Crippen LogP contribution in [-0.4, -0.2) is 66.7 Å². The van der Waals surface area contributed by atoms with Gasteiger partial charge in [0, 0.05) is 19.3 Å². The molecule has 2 aromatic rings. The van der Waals surface area contributed by atoms with Crippen LogP contribution in [0.15, 0.2) is 47.4 Å². The first kappa shape index (κ1) is 27.9. The van der Waals surface area contributed by atoms with E-state index in [4.69, 9.17) is 12.5 Å². The standard InChI is InChI=1S/C22H28BIN2O7S/c1-15-3-4-17(11-20(15)23)32-13-21(27)25-10-9-18(33-24)12-26-22(28)14-31-16-5-7-19(8-6-16)34(2,29)30/h3-8,11,18H,9-10,12-14,23H2,1-2H3,(H,25,27)(H,26,28). The van der Waals surface area contributed by atoms with E-state index in [0.717, 1.165) is 17.3 Å². The van der Waals surface area contributed by atoms with Gasteiger partial charge in [-0.25, -0.2) is 8.42 Å². The monoisotopic (exact) mass is 602 g/mol. The number of amides is 2. The van der Waals surface area contributed by atoms with E-state index in [-0.39, 0.29) is 42.6 Å². The summed E-state index contributed by atoms with van der Waals surface area (Å²) in [4.78, 5) is 24.2. The molecule has 0 spiro atoms. The Morgan fingerprint density at radius 3 is 2.18 bits per heavy atom. The Hall–Kier alpha value is -2.32. The Labute approximate surface area is 214 Å². The quantitative estimate of drug-likeness (QED) is 0.253. The van der Waals surface area contributed by atoms with E-state index < -0.39 is 9.84 Å². The molecule has 2 N–H and O–H groups in total. The summed E-state index contributed by atoms with van der Waals surface area (Å²) in [6.45, 7) is 2.30. The molecule has 0 aliphatic heterocycles. The van der Waals surface area contributed by atoms with Crippen molar-refractivity contribution < 1.29 is 30.5 Å². The maximum absolute atomic E-state index is 12.0. The van der Waals surface area contributed by atoms with Crippen molar-refractivity contribution in [2.75, 3.05) is 32.6 Å². The zero-order valence-electron chi connectivity index (χ0n) is 19.3. The van der Waals surface area contributed by atoms with Crippen molar-refractivity contribution in [3.63, 3.8) is 0 Å². The molecule has 2 amide bonds. The van der Waals surface area contributed by atoms with Gasteiger partial charge in [-0.2, -0.15) is 0 Å². The molecular formula is C22H28BIN2O7S. The summed E-state index contributed by atoms with van der Waals surface area (Å²) in [6, 6.07) is 11.5. The van der Waals surface area contributed by atoms with E-state index in [9.17, 15) is 18.0 Å². The number of carbonyl (C=O) groups excluding carboxylic acids is 2. The molecule has 12 heteroatoms. The highest BCUT2D eigenvalue weighted by molar-refractivity contribution is 14.1. The minimum absolute atomic E-state index is 0.0858. The topological polar surface area (TPSA) is 120 Å². The Kier molecular flexibility index (Phi) is 11.1. The van der Waals surface area contributed by atoms with Crippen molar-refractivity contribution in [2.24, 2.45) is 0 Å². The summed E-state index contributed by atoms with van der Waals surface area (Å²) in [7, 11) is -1.31. The molecule has 9 nitrogen and oxygen atoms in total. The molecule has 0 saturated heterocycles. The second-order valence-corrected chi connectivity index (χ2v) is 10.2. The number of hydrogen-bond donors (Lipinski definition) is 2. The fourth-order valence-corrected chi connectivity index (χ4v) is 3.83. The summed E-state index contributed by atoms with van der Waals surface area (Å²) in [5.74, 6) is 0.430. The lowest BCUT2D eigenvalue weighted by Crippen LogP contribution is -2.38. The molecule has 0 heterocycles. The summed E-state index contributed by atoms with van der Waals surface area (Å²) < 4.78 is 39.1. The lowest BCUT2D eigenvalue weighted by molar-refractivity contribution is -0.124. The Balaban J connectivity index is 1.64. The maximum Gasteiger partial charge on any atom is 0.258 e. The normalized spacial score (nSPS) is 12.0. The first-order chi connectivity index (χ1) is 16.1. The van der Waals surface area contributed by atoms with Crippen LogP contribution >= 0.6 is 23.0 Å². The van der Waals surface area contributed by atoms with E-state index in [1.54, 1.807) is 23.0 Å². The number of halogens is 1. The molecular weight excluding hydrogens is 574 g/mol. The van der Waals surface area contributed by atoms with E-state index in [1.165, 1.54) is 24.3 Å². The fourth-order valence-electron chi connectivity index (χ4n) is 2.76. The zero-order valence-corrected chi connectivity index (χ0v) is 22.3. The van der Waals surface area contributed by atoms with Gasteiger partial charge in [0.05, 0.1) is 11.0 Å². The van der Waals surface area contributed by atoms with Crippen molar-refractivity contribution in [3.05, 3.63) is 48.0 Å². The molecule has 184 valence electrons. The number of aryl methyl sites for hydroxylation is 1. The van der Waals surface area contributed by atoms with Crippen LogP contribution in [0.2, 0.25) is 0 Å². The molecule has 0 aliphatic carbocycles. The number of hydrogen-bond acceptors (Lipinski definition) is 7. The van der Waals surface area contributed by atoms with Crippen LogP contribution in [0.3, 0.4) is 0 Å². The van der Waals surface area contributed by atoms with E-state index in [0.29, 0.717) is 24.5 Å². The molecule has 0 fully saturated rings. The third kappa shape index (κ3) is 9.89. The lowest BCUT2D eigenvalue weighted by atomic mass is 9.91. The summed E-state index contributed by atoms with van der Waals surface area (Å²) in [5.41, 5.74) is 2.25. The largest absolute Gasteiger partial charge is 0.484 e. The predicted molar refractivity (Wildman–Crippen MR) is 139 cm³/mol. The molecule has 0 aliphatic rings. The van der Waals surface area contributed by atoms with Crippen molar-refractivity contribution in [1.82, 2.24) is 10.6 Å². The smallest absolute Gasteiger partial charge is 0.258 e. The van der Waals surface area contributed by atoms with Gasteiger partial charge in [-0.1, -0.05) is 17.1 Å². The van der Waals surface area contributed by atoms with Gasteiger partial charge < -0.3 is 23.2 Å². The molecule has 0 bridgehead atoms. The number of benzene rings is 2. The third-order valence-electron chi connectivity index (χ3n) is 4.91. The second-order valence-electron chi connectivity index (χ2n) is 7.72. The molecule has 2 aromatic carbocycles. The van der Waals surface area contributed by atoms with E-state index in [1.807, 2.05) is 33.0 Å². The summed E-state index contributed by atoms with van der Waals surface area (Å²) in [6.07, 6.45) is 1.30. The summed E-state index contributed by atoms with van der Waals surface area (Å²) >= 11 is 1.75. The Bertz CT molecular complexity index is 1080.